The average Bonchev–Trinajstić information content (AvgIpc) is 2.90. The summed E-state index contributed by atoms with van der Waals surface area (Å²) in [6.45, 7) is 1.91. The van der Waals surface area contributed by atoms with Gasteiger partial charge in [-0.05, 0) is 25.1 Å². The maximum Gasteiger partial charge on any atom is 0.323 e. The number of carboxylic acid groups (broad SMARTS) is 1. The van der Waals surface area contributed by atoms with E-state index in [-0.39, 0.29) is 12.6 Å². The van der Waals surface area contributed by atoms with E-state index in [4.69, 9.17) is 9.52 Å². The minimum absolute atomic E-state index is 0.0453. The number of carbonyl (C=O) groups is 1. The quantitative estimate of drug-likeness (QED) is 0.880. The maximum absolute atomic E-state index is 11.0. The molecule has 0 fully saturated rings. The number of hydrogen-bond acceptors (Lipinski definition) is 3. The van der Waals surface area contributed by atoms with Gasteiger partial charge in [0.1, 0.15) is 6.54 Å². The molecule has 0 bridgehead atoms. The summed E-state index contributed by atoms with van der Waals surface area (Å²) in [7, 11) is 0. The summed E-state index contributed by atoms with van der Waals surface area (Å²) >= 11 is 0. The van der Waals surface area contributed by atoms with Crippen LogP contribution in [0.1, 0.15) is 18.5 Å². The van der Waals surface area contributed by atoms with Crippen molar-refractivity contribution in [3.63, 3.8) is 0 Å². The molecule has 94 valence electrons. The van der Waals surface area contributed by atoms with Crippen molar-refractivity contribution < 1.29 is 14.3 Å². The first-order chi connectivity index (χ1) is 8.68. The number of hydrogen-bond donors (Lipinski definition) is 1. The average molecular weight is 245 g/mol. The summed E-state index contributed by atoms with van der Waals surface area (Å²) in [5.41, 5.74) is 1.84. The molecule has 1 unspecified atom stereocenters. The highest BCUT2D eigenvalue weighted by Crippen LogP contribution is 2.26. The predicted molar refractivity (Wildman–Crippen MR) is 68.5 cm³/mol. The zero-order chi connectivity index (χ0) is 13.0. The van der Waals surface area contributed by atoms with Gasteiger partial charge >= 0.3 is 5.97 Å². The Hall–Kier alpha value is -2.23. The molecule has 0 aliphatic heterocycles. The van der Waals surface area contributed by atoms with Crippen molar-refractivity contribution >= 4 is 11.7 Å². The SMILES string of the molecule is CC(c1ccoc1)N(CC(=O)O)c1ccccc1. The normalized spacial score (nSPS) is 12.1. The third-order valence-electron chi connectivity index (χ3n) is 2.89. The first kappa shape index (κ1) is 12.2. The van der Waals surface area contributed by atoms with E-state index in [1.165, 1.54) is 0 Å². The molecule has 0 aliphatic carbocycles. The Bertz CT molecular complexity index is 493. The second-order valence-electron chi connectivity index (χ2n) is 4.09. The van der Waals surface area contributed by atoms with E-state index in [0.29, 0.717) is 0 Å². The van der Waals surface area contributed by atoms with E-state index in [0.717, 1.165) is 11.3 Å². The molecule has 0 saturated heterocycles. The van der Waals surface area contributed by atoms with Crippen LogP contribution in [0.2, 0.25) is 0 Å². The van der Waals surface area contributed by atoms with Crippen molar-refractivity contribution in [1.29, 1.82) is 0 Å². The minimum Gasteiger partial charge on any atom is -0.480 e. The van der Waals surface area contributed by atoms with Crippen LogP contribution >= 0.6 is 0 Å². The summed E-state index contributed by atoms with van der Waals surface area (Å²) in [4.78, 5) is 12.8. The van der Waals surface area contributed by atoms with Gasteiger partial charge in [-0.15, -0.1) is 0 Å². The number of furan rings is 1. The molecule has 1 atom stereocenters. The van der Waals surface area contributed by atoms with Crippen LogP contribution in [-0.2, 0) is 4.79 Å². The Morgan fingerprint density at radius 1 is 1.33 bits per heavy atom. The van der Waals surface area contributed by atoms with Crippen molar-refractivity contribution in [1.82, 2.24) is 0 Å². The van der Waals surface area contributed by atoms with Crippen LogP contribution in [0.5, 0.6) is 0 Å². The van der Waals surface area contributed by atoms with Gasteiger partial charge in [-0.2, -0.15) is 0 Å². The third-order valence-corrected chi connectivity index (χ3v) is 2.89. The molecule has 18 heavy (non-hydrogen) atoms. The van der Waals surface area contributed by atoms with Crippen LogP contribution in [0.15, 0.2) is 53.3 Å². The molecule has 1 heterocycles. The van der Waals surface area contributed by atoms with Crippen molar-refractivity contribution in [2.45, 2.75) is 13.0 Å². The van der Waals surface area contributed by atoms with E-state index < -0.39 is 5.97 Å². The van der Waals surface area contributed by atoms with Crippen molar-refractivity contribution in [3.8, 4) is 0 Å². The summed E-state index contributed by atoms with van der Waals surface area (Å²) in [5.74, 6) is -0.853. The highest BCUT2D eigenvalue weighted by atomic mass is 16.4. The summed E-state index contributed by atoms with van der Waals surface area (Å²) in [5, 5.41) is 9.03. The number of anilines is 1. The fraction of sp³-hybridized carbons (Fsp3) is 0.214. The Kier molecular flexibility index (Phi) is 3.67. The van der Waals surface area contributed by atoms with E-state index in [1.807, 2.05) is 48.2 Å². The molecule has 0 spiro atoms. The molecule has 1 N–H and O–H groups in total. The van der Waals surface area contributed by atoms with Crippen LogP contribution in [-0.4, -0.2) is 17.6 Å². The summed E-state index contributed by atoms with van der Waals surface area (Å²) in [6, 6.07) is 11.3. The smallest absolute Gasteiger partial charge is 0.323 e. The molecular weight excluding hydrogens is 230 g/mol. The molecule has 4 nitrogen and oxygen atoms in total. The van der Waals surface area contributed by atoms with Crippen LogP contribution in [0.4, 0.5) is 5.69 Å². The molecule has 0 amide bonds. The number of nitrogens with zero attached hydrogens (tertiary/aromatic N) is 1. The van der Waals surface area contributed by atoms with E-state index >= 15 is 0 Å². The monoisotopic (exact) mass is 245 g/mol. The van der Waals surface area contributed by atoms with Gasteiger partial charge in [-0.25, -0.2) is 0 Å². The minimum atomic E-state index is -0.853. The van der Waals surface area contributed by atoms with Gasteiger partial charge < -0.3 is 14.4 Å². The highest BCUT2D eigenvalue weighted by molar-refractivity contribution is 5.74. The topological polar surface area (TPSA) is 53.7 Å². The van der Waals surface area contributed by atoms with Crippen LogP contribution in [0, 0.1) is 0 Å². The van der Waals surface area contributed by atoms with Gasteiger partial charge in [-0.1, -0.05) is 18.2 Å². The van der Waals surface area contributed by atoms with Gasteiger partial charge in [0.2, 0.25) is 0 Å². The Morgan fingerprint density at radius 3 is 2.61 bits per heavy atom. The second-order valence-corrected chi connectivity index (χ2v) is 4.09. The lowest BCUT2D eigenvalue weighted by atomic mass is 10.1. The summed E-state index contributed by atoms with van der Waals surface area (Å²) in [6.07, 6.45) is 3.23. The van der Waals surface area contributed by atoms with Crippen molar-refractivity contribution in [2.24, 2.45) is 0 Å². The maximum atomic E-state index is 11.0. The Balaban J connectivity index is 2.28. The third kappa shape index (κ3) is 2.71. The molecule has 2 rings (SSSR count). The molecule has 1 aromatic carbocycles. The van der Waals surface area contributed by atoms with Crippen molar-refractivity contribution in [2.75, 3.05) is 11.4 Å². The lowest BCUT2D eigenvalue weighted by Gasteiger charge is -2.29. The molecule has 2 aromatic rings. The van der Waals surface area contributed by atoms with Crippen LogP contribution < -0.4 is 4.90 Å². The lowest BCUT2D eigenvalue weighted by molar-refractivity contribution is -0.135. The number of aliphatic carboxylic acids is 1. The number of carboxylic acids is 1. The zero-order valence-corrected chi connectivity index (χ0v) is 10.1. The Labute approximate surface area is 105 Å². The highest BCUT2D eigenvalue weighted by Gasteiger charge is 2.19. The van der Waals surface area contributed by atoms with Crippen LogP contribution in [0.25, 0.3) is 0 Å². The second kappa shape index (κ2) is 5.40. The molecule has 0 saturated carbocycles. The predicted octanol–water partition coefficient (Wildman–Crippen LogP) is 2.93. The van der Waals surface area contributed by atoms with Gasteiger partial charge in [0.15, 0.2) is 0 Å². The first-order valence-corrected chi connectivity index (χ1v) is 5.74. The fourth-order valence-corrected chi connectivity index (χ4v) is 1.91. The number of para-hydroxylation sites is 1. The molecule has 0 aliphatic rings. The summed E-state index contributed by atoms with van der Waals surface area (Å²) < 4.78 is 5.05. The van der Waals surface area contributed by atoms with E-state index in [9.17, 15) is 4.79 Å². The first-order valence-electron chi connectivity index (χ1n) is 5.74. The van der Waals surface area contributed by atoms with Gasteiger partial charge in [0.05, 0.1) is 18.6 Å². The van der Waals surface area contributed by atoms with Crippen molar-refractivity contribution in [3.05, 3.63) is 54.5 Å². The van der Waals surface area contributed by atoms with Gasteiger partial charge in [-0.3, -0.25) is 4.79 Å². The van der Waals surface area contributed by atoms with E-state index in [1.54, 1.807) is 12.5 Å². The van der Waals surface area contributed by atoms with Crippen LogP contribution in [0.3, 0.4) is 0 Å². The largest absolute Gasteiger partial charge is 0.480 e. The van der Waals surface area contributed by atoms with E-state index in [2.05, 4.69) is 0 Å². The standard InChI is InChI=1S/C14H15NO3/c1-11(12-7-8-18-10-12)15(9-14(16)17)13-5-3-2-4-6-13/h2-8,10-11H,9H2,1H3,(H,16,17). The fourth-order valence-electron chi connectivity index (χ4n) is 1.91. The molecular formula is C14H15NO3. The molecule has 4 heteroatoms. The lowest BCUT2D eigenvalue weighted by Crippen LogP contribution is -2.32. The van der Waals surface area contributed by atoms with Gasteiger partial charge in [0, 0.05) is 11.3 Å². The van der Waals surface area contributed by atoms with Gasteiger partial charge in [0.25, 0.3) is 0 Å². The number of benzene rings is 1. The molecule has 1 aromatic heterocycles. The number of rotatable bonds is 5. The Morgan fingerprint density at radius 2 is 2.06 bits per heavy atom. The molecule has 0 radical (unpaired) electrons. The zero-order valence-electron chi connectivity index (χ0n) is 10.1.